The quantitative estimate of drug-likeness (QED) is 0.651. The van der Waals surface area contributed by atoms with Crippen molar-refractivity contribution < 1.29 is 5.11 Å². The van der Waals surface area contributed by atoms with Crippen molar-refractivity contribution >= 4 is 11.3 Å². The maximum absolute atomic E-state index is 9.50. The molecule has 1 aromatic rings. The van der Waals surface area contributed by atoms with Crippen molar-refractivity contribution in [2.24, 2.45) is 5.73 Å². The molecule has 0 aliphatic heterocycles. The van der Waals surface area contributed by atoms with E-state index in [1.165, 1.54) is 11.3 Å². The predicted octanol–water partition coefficient (Wildman–Crippen LogP) is 0.309. The number of aliphatic hydroxyl groups is 1. The molecule has 0 radical (unpaired) electrons. The third-order valence-corrected chi connectivity index (χ3v) is 1.97. The first-order valence-electron chi connectivity index (χ1n) is 2.98. The number of hydrogen-bond donors (Lipinski definition) is 2. The predicted molar refractivity (Wildman–Crippen MR) is 40.7 cm³/mol. The molecular weight excluding hydrogens is 148 g/mol. The van der Waals surface area contributed by atoms with Gasteiger partial charge in [-0.2, -0.15) is 0 Å². The summed E-state index contributed by atoms with van der Waals surface area (Å²) in [5.74, 6) is 0. The normalized spacial score (nSPS) is 16.7. The second-order valence-corrected chi connectivity index (χ2v) is 3.07. The molecule has 0 spiro atoms. The zero-order valence-electron chi connectivity index (χ0n) is 5.74. The number of hydrogen-bond acceptors (Lipinski definition) is 4. The van der Waals surface area contributed by atoms with E-state index in [1.807, 2.05) is 0 Å². The first-order valence-corrected chi connectivity index (χ1v) is 3.92. The summed E-state index contributed by atoms with van der Waals surface area (Å²) in [6, 6.07) is 0. The molecule has 0 aliphatic carbocycles. The summed E-state index contributed by atoms with van der Waals surface area (Å²) in [5.41, 5.74) is 6.69. The fourth-order valence-electron chi connectivity index (χ4n) is 0.583. The first kappa shape index (κ1) is 7.65. The van der Waals surface area contributed by atoms with Crippen LogP contribution >= 0.6 is 11.3 Å². The van der Waals surface area contributed by atoms with Crippen LogP contribution in [0, 0.1) is 0 Å². The van der Waals surface area contributed by atoms with E-state index in [4.69, 9.17) is 5.73 Å². The summed E-state index contributed by atoms with van der Waals surface area (Å²) in [5, 5.41) is 11.3. The summed E-state index contributed by atoms with van der Waals surface area (Å²) in [4.78, 5) is 3.95. The van der Waals surface area contributed by atoms with E-state index in [2.05, 4.69) is 4.98 Å². The van der Waals surface area contributed by atoms with Crippen molar-refractivity contribution in [2.75, 3.05) is 6.54 Å². The lowest BCUT2D eigenvalue weighted by atomic mass is 10.1. The monoisotopic (exact) mass is 158 g/mol. The molecule has 0 fully saturated rings. The number of thiazole rings is 1. The molecule has 0 aromatic carbocycles. The van der Waals surface area contributed by atoms with Gasteiger partial charge in [0.05, 0.1) is 11.2 Å². The van der Waals surface area contributed by atoms with Gasteiger partial charge in [0.1, 0.15) is 5.60 Å². The van der Waals surface area contributed by atoms with Gasteiger partial charge in [-0.3, -0.25) is 0 Å². The second kappa shape index (κ2) is 2.65. The third-order valence-electron chi connectivity index (χ3n) is 1.38. The zero-order valence-corrected chi connectivity index (χ0v) is 6.56. The Bertz CT molecular complexity index is 196. The van der Waals surface area contributed by atoms with E-state index in [9.17, 15) is 5.11 Å². The van der Waals surface area contributed by atoms with Gasteiger partial charge in [0.2, 0.25) is 0 Å². The van der Waals surface area contributed by atoms with Crippen LogP contribution in [0.3, 0.4) is 0 Å². The lowest BCUT2D eigenvalue weighted by Gasteiger charge is -2.17. The van der Waals surface area contributed by atoms with Crippen LogP contribution in [0.5, 0.6) is 0 Å². The van der Waals surface area contributed by atoms with E-state index in [1.54, 1.807) is 17.8 Å². The van der Waals surface area contributed by atoms with E-state index in [0.29, 0.717) is 5.69 Å². The maximum Gasteiger partial charge on any atom is 0.117 e. The number of aromatic nitrogens is 1. The Morgan fingerprint density at radius 3 is 3.00 bits per heavy atom. The van der Waals surface area contributed by atoms with Crippen LogP contribution in [-0.2, 0) is 5.60 Å². The number of rotatable bonds is 2. The average Bonchev–Trinajstić information content (AvgIpc) is 2.38. The van der Waals surface area contributed by atoms with Crippen LogP contribution in [0.4, 0.5) is 0 Å². The van der Waals surface area contributed by atoms with Gasteiger partial charge < -0.3 is 10.8 Å². The number of nitrogens with two attached hydrogens (primary N) is 1. The summed E-state index contributed by atoms with van der Waals surface area (Å²) in [6.07, 6.45) is 0. The van der Waals surface area contributed by atoms with Crippen LogP contribution in [0.25, 0.3) is 0 Å². The van der Waals surface area contributed by atoms with Gasteiger partial charge in [-0.1, -0.05) is 0 Å². The van der Waals surface area contributed by atoms with Gasteiger partial charge in [0.25, 0.3) is 0 Å². The smallest absolute Gasteiger partial charge is 0.117 e. The van der Waals surface area contributed by atoms with Gasteiger partial charge in [0.15, 0.2) is 0 Å². The fourth-order valence-corrected chi connectivity index (χ4v) is 1.26. The van der Waals surface area contributed by atoms with Crippen LogP contribution in [-0.4, -0.2) is 16.6 Å². The van der Waals surface area contributed by atoms with Crippen molar-refractivity contribution in [3.8, 4) is 0 Å². The van der Waals surface area contributed by atoms with Crippen LogP contribution in [0.1, 0.15) is 12.6 Å². The molecule has 0 saturated heterocycles. The minimum Gasteiger partial charge on any atom is -0.382 e. The van der Waals surface area contributed by atoms with Crippen LogP contribution < -0.4 is 5.73 Å². The molecule has 10 heavy (non-hydrogen) atoms. The Balaban J connectivity index is 2.85. The Morgan fingerprint density at radius 1 is 1.90 bits per heavy atom. The highest BCUT2D eigenvalue weighted by Crippen LogP contribution is 2.17. The van der Waals surface area contributed by atoms with Crippen LogP contribution in [0.2, 0.25) is 0 Å². The lowest BCUT2D eigenvalue weighted by Crippen LogP contribution is -2.31. The van der Waals surface area contributed by atoms with Gasteiger partial charge in [-0.25, -0.2) is 4.98 Å². The van der Waals surface area contributed by atoms with E-state index < -0.39 is 5.60 Å². The van der Waals surface area contributed by atoms with Gasteiger partial charge in [-0.15, -0.1) is 11.3 Å². The Morgan fingerprint density at radius 2 is 2.60 bits per heavy atom. The third kappa shape index (κ3) is 1.34. The zero-order chi connectivity index (χ0) is 7.61. The molecule has 1 heterocycles. The molecule has 56 valence electrons. The molecule has 0 saturated carbocycles. The summed E-state index contributed by atoms with van der Waals surface area (Å²) < 4.78 is 0. The highest BCUT2D eigenvalue weighted by Gasteiger charge is 2.22. The molecule has 3 N–H and O–H groups in total. The molecule has 1 rings (SSSR count). The summed E-state index contributed by atoms with van der Waals surface area (Å²) in [7, 11) is 0. The fraction of sp³-hybridized carbons (Fsp3) is 0.500. The molecule has 4 heteroatoms. The average molecular weight is 158 g/mol. The van der Waals surface area contributed by atoms with E-state index >= 15 is 0 Å². The molecular formula is C6H10N2OS. The Kier molecular flexibility index (Phi) is 2.03. The lowest BCUT2D eigenvalue weighted by molar-refractivity contribution is 0.0628. The van der Waals surface area contributed by atoms with Gasteiger partial charge in [-0.05, 0) is 6.92 Å². The highest BCUT2D eigenvalue weighted by molar-refractivity contribution is 7.07. The molecule has 0 aliphatic rings. The SMILES string of the molecule is CC(O)(CN)c1cscn1. The maximum atomic E-state index is 9.50. The molecule has 0 amide bonds. The molecule has 0 bridgehead atoms. The van der Waals surface area contributed by atoms with Gasteiger partial charge in [0, 0.05) is 11.9 Å². The van der Waals surface area contributed by atoms with Gasteiger partial charge >= 0.3 is 0 Å². The first-order chi connectivity index (χ1) is 4.67. The summed E-state index contributed by atoms with van der Waals surface area (Å²) >= 11 is 1.46. The minimum absolute atomic E-state index is 0.205. The Hall–Kier alpha value is -0.450. The van der Waals surface area contributed by atoms with Crippen LogP contribution in [0.15, 0.2) is 10.9 Å². The van der Waals surface area contributed by atoms with Crippen molar-refractivity contribution in [2.45, 2.75) is 12.5 Å². The molecule has 1 unspecified atom stereocenters. The topological polar surface area (TPSA) is 59.1 Å². The number of nitrogens with zero attached hydrogens (tertiary/aromatic N) is 1. The standard InChI is InChI=1S/C6H10N2OS/c1-6(9,3-7)5-2-10-4-8-5/h2,4,9H,3,7H2,1H3. The molecule has 1 aromatic heterocycles. The minimum atomic E-state index is -0.958. The molecule has 3 nitrogen and oxygen atoms in total. The highest BCUT2D eigenvalue weighted by atomic mass is 32.1. The van der Waals surface area contributed by atoms with Crippen molar-refractivity contribution in [3.63, 3.8) is 0 Å². The van der Waals surface area contributed by atoms with E-state index in [0.717, 1.165) is 0 Å². The van der Waals surface area contributed by atoms with E-state index in [-0.39, 0.29) is 6.54 Å². The largest absolute Gasteiger partial charge is 0.382 e. The molecule has 1 atom stereocenters. The second-order valence-electron chi connectivity index (χ2n) is 2.35. The Labute approximate surface area is 63.5 Å². The van der Waals surface area contributed by atoms with Crippen molar-refractivity contribution in [3.05, 3.63) is 16.6 Å². The van der Waals surface area contributed by atoms with Crippen molar-refractivity contribution in [1.29, 1.82) is 0 Å². The summed E-state index contributed by atoms with van der Waals surface area (Å²) in [6.45, 7) is 1.86. The van der Waals surface area contributed by atoms with Crippen molar-refractivity contribution in [1.82, 2.24) is 4.98 Å².